The molecule has 0 aromatic heterocycles. The Morgan fingerprint density at radius 3 is 1.62 bits per heavy atom. The molecular weight excluding hydrogens is 703 g/mol. The molecule has 0 aliphatic heterocycles. The quantitative estimate of drug-likeness (QED) is 0.162. The molecule has 1 atom stereocenters. The molecule has 0 nitrogen and oxygen atoms in total. The van der Waals surface area contributed by atoms with Gasteiger partial charge in [-0.1, -0.05) is 0 Å². The van der Waals surface area contributed by atoms with Crippen molar-refractivity contribution in [2.24, 2.45) is 5.92 Å². The summed E-state index contributed by atoms with van der Waals surface area (Å²) >= 11 is -4.96. The van der Waals surface area contributed by atoms with Crippen LogP contribution in [0.1, 0.15) is 88.8 Å². The van der Waals surface area contributed by atoms with Crippen LogP contribution in [0.2, 0.25) is 0 Å². The molecule has 0 saturated carbocycles. The van der Waals surface area contributed by atoms with Crippen LogP contribution in [0.25, 0.3) is 23.3 Å². The van der Waals surface area contributed by atoms with E-state index in [4.69, 9.17) is 4.21 Å². The summed E-state index contributed by atoms with van der Waals surface area (Å²) in [4.78, 5) is 0. The van der Waals surface area contributed by atoms with Crippen molar-refractivity contribution >= 4 is 51.0 Å². The zero-order chi connectivity index (χ0) is 33.3. The fraction of sp³-hybridized carbons (Fsp3) is 0.267. The van der Waals surface area contributed by atoms with Crippen molar-refractivity contribution in [2.45, 2.75) is 72.6 Å². The normalized spacial score (nSPS) is 15.7. The Hall–Kier alpha value is -2.83. The molecule has 0 radical (unpaired) electrons. The molecule has 0 heterocycles. The fourth-order valence-corrected chi connectivity index (χ4v) is 24.8. The molecule has 2 aliphatic rings. The first-order chi connectivity index (χ1) is 21.6. The van der Waals surface area contributed by atoms with E-state index >= 15 is 0 Å². The van der Waals surface area contributed by atoms with Crippen LogP contribution in [0.3, 0.4) is 0 Å². The van der Waals surface area contributed by atoms with Crippen LogP contribution >= 0.6 is 24.8 Å². The number of rotatable bonds is 6. The van der Waals surface area contributed by atoms with Gasteiger partial charge >= 0.3 is 281 Å². The smallest absolute Gasteiger partial charge is 0.147 e. The summed E-state index contributed by atoms with van der Waals surface area (Å²) in [6.07, 6.45) is 9.84. The SMILES string of the molecule is C=Cc1ccc2c(c1)-c1cc(C=C)c[c]([Zr](=[CH2])([C]3=CC(C)=CC3C)([c]3ccc(C(C)(C)C)cc3)[c]3ccc(C(C)(C)C)cc3)c1C2.Cl.Cl. The van der Waals surface area contributed by atoms with Gasteiger partial charge in [-0.05, 0) is 0 Å². The molecule has 0 amide bonds. The van der Waals surface area contributed by atoms with E-state index in [2.05, 4.69) is 160 Å². The van der Waals surface area contributed by atoms with Crippen LogP contribution < -0.4 is 9.81 Å². The molecule has 4 aromatic carbocycles. The minimum absolute atomic E-state index is 0. The number of hydrogen-bond acceptors (Lipinski definition) is 0. The van der Waals surface area contributed by atoms with Crippen molar-refractivity contribution < 1.29 is 18.3 Å². The van der Waals surface area contributed by atoms with Gasteiger partial charge in [0, 0.05) is 0 Å². The third kappa shape index (κ3) is 5.89. The second-order valence-corrected chi connectivity index (χ2v) is 28.8. The predicted molar refractivity (Wildman–Crippen MR) is 217 cm³/mol. The van der Waals surface area contributed by atoms with Gasteiger partial charge in [-0.25, -0.2) is 0 Å². The Morgan fingerprint density at radius 2 is 1.19 bits per heavy atom. The van der Waals surface area contributed by atoms with Crippen molar-refractivity contribution in [1.29, 1.82) is 0 Å². The molecule has 1 unspecified atom stereocenters. The summed E-state index contributed by atoms with van der Waals surface area (Å²) in [5.41, 5.74) is 11.9. The first-order valence-electron chi connectivity index (χ1n) is 16.8. The molecule has 0 N–H and O–H groups in total. The van der Waals surface area contributed by atoms with E-state index in [1.165, 1.54) is 52.0 Å². The Bertz CT molecular complexity index is 1960. The third-order valence-electron chi connectivity index (χ3n) is 10.9. The Kier molecular flexibility index (Phi) is 10.4. The number of benzene rings is 4. The van der Waals surface area contributed by atoms with Gasteiger partial charge in [0.2, 0.25) is 0 Å². The van der Waals surface area contributed by atoms with E-state index in [-0.39, 0.29) is 41.6 Å². The van der Waals surface area contributed by atoms with Crippen molar-refractivity contribution in [2.75, 3.05) is 0 Å². The molecule has 0 spiro atoms. The molecule has 0 bridgehead atoms. The first-order valence-corrected chi connectivity index (χ1v) is 23.5. The first kappa shape index (κ1) is 38.0. The van der Waals surface area contributed by atoms with Gasteiger partial charge in [0.15, 0.2) is 0 Å². The summed E-state index contributed by atoms with van der Waals surface area (Å²) in [6.45, 7) is 26.8. The molecule has 48 heavy (non-hydrogen) atoms. The van der Waals surface area contributed by atoms with Crippen LogP contribution in [0, 0.1) is 5.92 Å². The van der Waals surface area contributed by atoms with E-state index in [1.54, 1.807) is 0 Å². The van der Waals surface area contributed by atoms with E-state index in [1.807, 2.05) is 12.2 Å². The summed E-state index contributed by atoms with van der Waals surface area (Å²) in [6, 6.07) is 30.9. The standard InChI is InChI=1S/C17H13.2C10H13.C7H9.CH2.2ClH.Zr/c1-3-12-5-7-14-11-15-8-6-13(4-2)10-17(15)16(14)9-12;2*1-10(2,3)9-7-5-4-6-8-9;1-6-3-4-7(2)5-6;;;;/h3-7,9-10H,1-2,11H2;2*5-8H,1-3H3;3,5,7H,1-2H3;1H2;2*1H;. The third-order valence-corrected chi connectivity index (χ3v) is 27.5. The molecule has 250 valence electrons. The molecule has 3 heteroatoms. The number of hydrogen-bond donors (Lipinski definition) is 0. The van der Waals surface area contributed by atoms with Crippen LogP contribution in [0.4, 0.5) is 0 Å². The second kappa shape index (κ2) is 13.1. The van der Waals surface area contributed by atoms with Crippen molar-refractivity contribution in [3.63, 3.8) is 0 Å². The second-order valence-electron chi connectivity index (χ2n) is 16.0. The fourth-order valence-electron chi connectivity index (χ4n) is 8.27. The largest absolute Gasteiger partial charge is 0.147 e. The maximum absolute atomic E-state index is 5.77. The van der Waals surface area contributed by atoms with Gasteiger partial charge in [-0.2, -0.15) is 0 Å². The molecule has 4 aromatic rings. The zero-order valence-corrected chi connectivity index (χ0v) is 34.1. The van der Waals surface area contributed by atoms with Gasteiger partial charge in [-0.3, -0.25) is 0 Å². The topological polar surface area (TPSA) is 0 Å². The van der Waals surface area contributed by atoms with Crippen LogP contribution in [-0.4, -0.2) is 4.21 Å². The molecule has 6 rings (SSSR count). The van der Waals surface area contributed by atoms with Crippen LogP contribution in [-0.2, 0) is 35.5 Å². The van der Waals surface area contributed by atoms with Crippen LogP contribution in [0.15, 0.2) is 113 Å². The number of halogens is 2. The average Bonchev–Trinajstić information content (AvgIpc) is 3.57. The summed E-state index contributed by atoms with van der Waals surface area (Å²) < 4.78 is 11.5. The molecule has 0 saturated heterocycles. The van der Waals surface area contributed by atoms with Gasteiger partial charge in [-0.15, -0.1) is 24.8 Å². The number of allylic oxidation sites excluding steroid dienone is 4. The van der Waals surface area contributed by atoms with Crippen molar-refractivity contribution in [3.8, 4) is 11.1 Å². The molecule has 0 fully saturated rings. The molecular formula is C45H52Cl2Zr. The van der Waals surface area contributed by atoms with E-state index in [0.29, 0.717) is 0 Å². The number of fused-ring (bicyclic) bond motifs is 3. The Balaban J connectivity index is 0.00000260. The van der Waals surface area contributed by atoms with E-state index in [0.717, 1.165) is 17.5 Å². The Labute approximate surface area is 303 Å². The van der Waals surface area contributed by atoms with Gasteiger partial charge in [0.1, 0.15) is 0 Å². The van der Waals surface area contributed by atoms with E-state index < -0.39 is 18.3 Å². The maximum Gasteiger partial charge on any atom is -0.147 e. The Morgan fingerprint density at radius 1 is 0.688 bits per heavy atom. The summed E-state index contributed by atoms with van der Waals surface area (Å²) in [5.74, 6) is 0.284. The van der Waals surface area contributed by atoms with Crippen LogP contribution in [0.5, 0.6) is 0 Å². The van der Waals surface area contributed by atoms with Gasteiger partial charge in [0.05, 0.1) is 0 Å². The minimum atomic E-state index is -4.96. The van der Waals surface area contributed by atoms with Gasteiger partial charge < -0.3 is 0 Å². The molecule has 2 aliphatic carbocycles. The minimum Gasteiger partial charge on any atom is -0.147 e. The maximum atomic E-state index is 5.77. The predicted octanol–water partition coefficient (Wildman–Crippen LogP) is 10.9. The zero-order valence-electron chi connectivity index (χ0n) is 30.0. The van der Waals surface area contributed by atoms with E-state index in [9.17, 15) is 0 Å². The monoisotopic (exact) mass is 752 g/mol. The summed E-state index contributed by atoms with van der Waals surface area (Å²) in [5, 5.41) is 0. The van der Waals surface area contributed by atoms with Gasteiger partial charge in [0.25, 0.3) is 0 Å². The summed E-state index contributed by atoms with van der Waals surface area (Å²) in [7, 11) is 0. The average molecular weight is 755 g/mol. The van der Waals surface area contributed by atoms with Crippen molar-refractivity contribution in [3.05, 3.63) is 146 Å². The van der Waals surface area contributed by atoms with Crippen molar-refractivity contribution in [1.82, 2.24) is 0 Å².